The van der Waals surface area contributed by atoms with E-state index in [0.717, 1.165) is 47.5 Å². The molecule has 0 saturated carbocycles. The van der Waals surface area contributed by atoms with E-state index in [4.69, 9.17) is 10.1 Å². The van der Waals surface area contributed by atoms with Crippen LogP contribution in [0, 0.1) is 19.8 Å². The Hall–Kier alpha value is -3.67. The van der Waals surface area contributed by atoms with Gasteiger partial charge in [-0.15, -0.1) is 0 Å². The molecule has 1 amide bonds. The van der Waals surface area contributed by atoms with Crippen LogP contribution in [0.4, 0.5) is 5.82 Å². The minimum atomic E-state index is -0.0579. The Bertz CT molecular complexity index is 1370. The van der Waals surface area contributed by atoms with E-state index in [1.54, 1.807) is 6.20 Å². The molecule has 1 aliphatic rings. The van der Waals surface area contributed by atoms with Gasteiger partial charge in [-0.05, 0) is 55.4 Å². The number of piperidine rings is 1. The van der Waals surface area contributed by atoms with Crippen LogP contribution in [0.3, 0.4) is 0 Å². The molecule has 1 saturated heterocycles. The van der Waals surface area contributed by atoms with Crippen molar-refractivity contribution in [1.29, 1.82) is 0 Å². The molecule has 2 aromatic carbocycles. The van der Waals surface area contributed by atoms with Crippen molar-refractivity contribution in [2.75, 3.05) is 18.0 Å². The second kappa shape index (κ2) is 10.1. The van der Waals surface area contributed by atoms with Gasteiger partial charge in [0.15, 0.2) is 5.82 Å². The van der Waals surface area contributed by atoms with E-state index < -0.39 is 0 Å². The number of nitrogens with one attached hydrogen (secondary N) is 1. The summed E-state index contributed by atoms with van der Waals surface area (Å²) in [5, 5.41) is 7.99. The zero-order valence-corrected chi connectivity index (χ0v) is 21.7. The van der Waals surface area contributed by atoms with E-state index in [0.29, 0.717) is 19.0 Å². The maximum atomic E-state index is 13.1. The van der Waals surface area contributed by atoms with E-state index in [2.05, 4.69) is 86.4 Å². The Labute approximate surface area is 213 Å². The fourth-order valence-electron chi connectivity index (χ4n) is 5.12. The average molecular weight is 482 g/mol. The highest BCUT2D eigenvalue weighted by Gasteiger charge is 2.28. The number of anilines is 1. The number of aryl methyl sites for hydroxylation is 2. The van der Waals surface area contributed by atoms with E-state index in [1.165, 1.54) is 16.7 Å². The van der Waals surface area contributed by atoms with Crippen LogP contribution in [0.5, 0.6) is 0 Å². The fraction of sp³-hybridized carbons (Fsp3) is 0.367. The van der Waals surface area contributed by atoms with Crippen molar-refractivity contribution in [2.24, 2.45) is 5.92 Å². The van der Waals surface area contributed by atoms with Crippen LogP contribution in [0.2, 0.25) is 0 Å². The number of carbonyl (C=O) groups excluding carboxylic acids is 1. The van der Waals surface area contributed by atoms with Crippen molar-refractivity contribution < 1.29 is 4.79 Å². The van der Waals surface area contributed by atoms with Crippen molar-refractivity contribution in [3.63, 3.8) is 0 Å². The number of amides is 1. The van der Waals surface area contributed by atoms with E-state index in [1.807, 2.05) is 10.7 Å². The third-order valence-corrected chi connectivity index (χ3v) is 7.23. The zero-order chi connectivity index (χ0) is 25.2. The molecule has 0 radical (unpaired) electrons. The Morgan fingerprint density at radius 1 is 1.11 bits per heavy atom. The molecule has 0 unspecified atom stereocenters. The summed E-state index contributed by atoms with van der Waals surface area (Å²) >= 11 is 0. The first-order chi connectivity index (χ1) is 17.4. The summed E-state index contributed by atoms with van der Waals surface area (Å²) in [4.78, 5) is 20.0. The van der Waals surface area contributed by atoms with Crippen LogP contribution in [0.25, 0.3) is 16.8 Å². The van der Waals surface area contributed by atoms with E-state index in [9.17, 15) is 4.79 Å². The summed E-state index contributed by atoms with van der Waals surface area (Å²) in [6.45, 7) is 10.7. The lowest BCUT2D eigenvalue weighted by Crippen LogP contribution is -2.43. The van der Waals surface area contributed by atoms with Gasteiger partial charge in [0.05, 0.1) is 11.6 Å². The molecule has 0 aliphatic carbocycles. The molecule has 186 valence electrons. The summed E-state index contributed by atoms with van der Waals surface area (Å²) < 4.78 is 1.90. The van der Waals surface area contributed by atoms with Gasteiger partial charge in [0.25, 0.3) is 0 Å². The number of rotatable bonds is 6. The van der Waals surface area contributed by atoms with Crippen molar-refractivity contribution in [3.8, 4) is 11.3 Å². The number of nitrogens with zero attached hydrogens (tertiary/aromatic N) is 4. The van der Waals surface area contributed by atoms with E-state index in [-0.39, 0.29) is 11.8 Å². The van der Waals surface area contributed by atoms with Crippen LogP contribution >= 0.6 is 0 Å². The first kappa shape index (κ1) is 24.0. The van der Waals surface area contributed by atoms with Crippen LogP contribution < -0.4 is 10.2 Å². The Kier molecular flexibility index (Phi) is 6.77. The third kappa shape index (κ3) is 4.99. The molecule has 5 rings (SSSR count). The smallest absolute Gasteiger partial charge is 0.225 e. The predicted octanol–water partition coefficient (Wildman–Crippen LogP) is 5.67. The second-order valence-electron chi connectivity index (χ2n) is 10.3. The first-order valence-electron chi connectivity index (χ1n) is 12.9. The van der Waals surface area contributed by atoms with Crippen molar-refractivity contribution in [3.05, 3.63) is 83.2 Å². The summed E-state index contributed by atoms with van der Waals surface area (Å²) in [6.07, 6.45) is 5.54. The average Bonchev–Trinajstić information content (AvgIpc) is 3.31. The molecule has 6 heteroatoms. The lowest BCUT2D eigenvalue weighted by molar-refractivity contribution is -0.125. The summed E-state index contributed by atoms with van der Waals surface area (Å²) in [6, 6.07) is 17.1. The molecule has 36 heavy (non-hydrogen) atoms. The van der Waals surface area contributed by atoms with Crippen LogP contribution in [0.1, 0.15) is 54.9 Å². The lowest BCUT2D eigenvalue weighted by Gasteiger charge is -2.33. The Morgan fingerprint density at radius 3 is 2.67 bits per heavy atom. The zero-order valence-electron chi connectivity index (χ0n) is 21.7. The van der Waals surface area contributed by atoms with Gasteiger partial charge in [-0.2, -0.15) is 5.10 Å². The number of fused-ring (bicyclic) bond motifs is 1. The predicted molar refractivity (Wildman–Crippen MR) is 145 cm³/mol. The molecule has 0 bridgehead atoms. The standard InChI is InChI=1S/C30H35N5O/c1-20(2)24-10-8-23(9-11-24)18-32-30(36)25-6-5-14-34(19-25)29-28-17-27(33-35(28)15-13-31-29)26-12-7-21(3)16-22(26)4/h7-13,15-17,20,25H,5-6,14,18-19H2,1-4H3,(H,32,36)/t25-/m1/s1. The molecule has 6 nitrogen and oxygen atoms in total. The van der Waals surface area contributed by atoms with Crippen LogP contribution in [-0.4, -0.2) is 33.6 Å². The summed E-state index contributed by atoms with van der Waals surface area (Å²) in [5.41, 5.74) is 7.94. The lowest BCUT2D eigenvalue weighted by atomic mass is 9.96. The maximum absolute atomic E-state index is 13.1. The van der Waals surface area contributed by atoms with Gasteiger partial charge in [-0.25, -0.2) is 9.50 Å². The van der Waals surface area contributed by atoms with Crippen molar-refractivity contribution in [2.45, 2.75) is 53.0 Å². The monoisotopic (exact) mass is 481 g/mol. The molecule has 1 atom stereocenters. The summed E-state index contributed by atoms with van der Waals surface area (Å²) in [5.74, 6) is 1.46. The Morgan fingerprint density at radius 2 is 1.92 bits per heavy atom. The second-order valence-corrected chi connectivity index (χ2v) is 10.3. The number of carbonyl (C=O) groups is 1. The van der Waals surface area contributed by atoms with Gasteiger partial charge >= 0.3 is 0 Å². The number of aromatic nitrogens is 3. The molecule has 3 heterocycles. The maximum Gasteiger partial charge on any atom is 0.225 e. The van der Waals surface area contributed by atoms with Gasteiger partial charge in [0, 0.05) is 37.6 Å². The molecule has 1 aliphatic heterocycles. The minimum absolute atomic E-state index is 0.0579. The molecule has 1 N–H and O–H groups in total. The number of benzene rings is 2. The first-order valence-corrected chi connectivity index (χ1v) is 12.9. The normalized spacial score (nSPS) is 16.0. The highest BCUT2D eigenvalue weighted by molar-refractivity contribution is 5.81. The SMILES string of the molecule is Cc1ccc(-c2cc3c(N4CCC[C@@H](C(=O)NCc5ccc(C(C)C)cc5)C4)nccn3n2)c(C)c1. The van der Waals surface area contributed by atoms with Crippen molar-refractivity contribution >= 4 is 17.2 Å². The van der Waals surface area contributed by atoms with Gasteiger partial charge < -0.3 is 10.2 Å². The molecule has 1 fully saturated rings. The topological polar surface area (TPSA) is 62.5 Å². The quantitative estimate of drug-likeness (QED) is 0.385. The van der Waals surface area contributed by atoms with Crippen LogP contribution in [-0.2, 0) is 11.3 Å². The highest BCUT2D eigenvalue weighted by atomic mass is 16.1. The fourth-order valence-corrected chi connectivity index (χ4v) is 5.12. The van der Waals surface area contributed by atoms with Crippen LogP contribution in [0.15, 0.2) is 60.9 Å². The Balaban J connectivity index is 1.30. The van der Waals surface area contributed by atoms with Crippen molar-refractivity contribution in [1.82, 2.24) is 19.9 Å². The van der Waals surface area contributed by atoms with Gasteiger partial charge in [0.1, 0.15) is 5.52 Å². The number of hydrogen-bond donors (Lipinski definition) is 1. The number of hydrogen-bond acceptors (Lipinski definition) is 4. The summed E-state index contributed by atoms with van der Waals surface area (Å²) in [7, 11) is 0. The van der Waals surface area contributed by atoms with E-state index >= 15 is 0 Å². The van der Waals surface area contributed by atoms with Gasteiger partial charge in [-0.1, -0.05) is 61.9 Å². The largest absolute Gasteiger partial charge is 0.354 e. The minimum Gasteiger partial charge on any atom is -0.354 e. The molecular formula is C30H35N5O. The molecule has 4 aromatic rings. The molecular weight excluding hydrogens is 446 g/mol. The van der Waals surface area contributed by atoms with Gasteiger partial charge in [-0.3, -0.25) is 4.79 Å². The third-order valence-electron chi connectivity index (χ3n) is 7.23. The molecule has 0 spiro atoms. The van der Waals surface area contributed by atoms with Gasteiger partial charge in [0.2, 0.25) is 5.91 Å². The molecule has 2 aromatic heterocycles. The highest BCUT2D eigenvalue weighted by Crippen LogP contribution is 2.30.